The Labute approximate surface area is 115 Å². The van der Waals surface area contributed by atoms with E-state index in [1.165, 1.54) is 30.0 Å². The van der Waals surface area contributed by atoms with Gasteiger partial charge in [-0.3, -0.25) is 0 Å². The zero-order valence-electron chi connectivity index (χ0n) is 10.7. The maximum atomic E-state index is 13.4. The standard InChI is InChI=1S/C13H17FO4S/c1-17-6-7-18-5-2-8-19-12-9-10(13(15)16)3-4-11(12)14/h3-4,9H,2,5-8H2,1H3,(H,15,16). The van der Waals surface area contributed by atoms with Crippen LogP contribution in [0.25, 0.3) is 0 Å². The van der Waals surface area contributed by atoms with Crippen LogP contribution in [0.4, 0.5) is 4.39 Å². The predicted molar refractivity (Wildman–Crippen MR) is 71.4 cm³/mol. The van der Waals surface area contributed by atoms with Crippen molar-refractivity contribution >= 4 is 17.7 Å². The molecule has 106 valence electrons. The van der Waals surface area contributed by atoms with Crippen molar-refractivity contribution in [1.29, 1.82) is 0 Å². The zero-order chi connectivity index (χ0) is 14.1. The highest BCUT2D eigenvalue weighted by molar-refractivity contribution is 7.99. The maximum absolute atomic E-state index is 13.4. The number of carboxylic acids is 1. The molecule has 6 heteroatoms. The van der Waals surface area contributed by atoms with Crippen LogP contribution in [0.2, 0.25) is 0 Å². The molecular weight excluding hydrogens is 271 g/mol. The summed E-state index contributed by atoms with van der Waals surface area (Å²) in [5.74, 6) is -0.771. The molecule has 0 saturated heterocycles. The molecule has 0 aliphatic rings. The van der Waals surface area contributed by atoms with Crippen LogP contribution in [0.5, 0.6) is 0 Å². The molecule has 0 fully saturated rings. The first-order valence-corrected chi connectivity index (χ1v) is 6.86. The van der Waals surface area contributed by atoms with Gasteiger partial charge in [-0.25, -0.2) is 9.18 Å². The zero-order valence-corrected chi connectivity index (χ0v) is 11.5. The van der Waals surface area contributed by atoms with E-state index in [2.05, 4.69) is 0 Å². The fourth-order valence-electron chi connectivity index (χ4n) is 1.33. The van der Waals surface area contributed by atoms with Gasteiger partial charge in [0, 0.05) is 24.4 Å². The van der Waals surface area contributed by atoms with Gasteiger partial charge in [-0.15, -0.1) is 11.8 Å². The van der Waals surface area contributed by atoms with Crippen LogP contribution in [0.3, 0.4) is 0 Å². The van der Waals surface area contributed by atoms with Crippen LogP contribution < -0.4 is 0 Å². The van der Waals surface area contributed by atoms with Crippen molar-refractivity contribution in [1.82, 2.24) is 0 Å². The van der Waals surface area contributed by atoms with Crippen molar-refractivity contribution in [3.05, 3.63) is 29.6 Å². The second-order valence-corrected chi connectivity index (χ2v) is 4.89. The normalized spacial score (nSPS) is 10.6. The van der Waals surface area contributed by atoms with E-state index in [1.807, 2.05) is 0 Å². The fraction of sp³-hybridized carbons (Fsp3) is 0.462. The van der Waals surface area contributed by atoms with Gasteiger partial charge >= 0.3 is 5.97 Å². The van der Waals surface area contributed by atoms with E-state index in [0.29, 0.717) is 30.5 Å². The number of rotatable bonds is 9. The minimum absolute atomic E-state index is 0.0974. The van der Waals surface area contributed by atoms with Crippen LogP contribution in [0.15, 0.2) is 23.1 Å². The third-order valence-corrected chi connectivity index (χ3v) is 3.42. The van der Waals surface area contributed by atoms with Gasteiger partial charge in [0.25, 0.3) is 0 Å². The Balaban J connectivity index is 2.32. The molecule has 0 spiro atoms. The van der Waals surface area contributed by atoms with Gasteiger partial charge in [0.1, 0.15) is 5.82 Å². The second kappa shape index (κ2) is 8.90. The molecule has 0 atom stereocenters. The molecule has 0 unspecified atom stereocenters. The highest BCUT2D eigenvalue weighted by Crippen LogP contribution is 2.23. The van der Waals surface area contributed by atoms with E-state index >= 15 is 0 Å². The predicted octanol–water partition coefficient (Wildman–Crippen LogP) is 2.67. The number of halogens is 1. The summed E-state index contributed by atoms with van der Waals surface area (Å²) in [6.45, 7) is 1.68. The monoisotopic (exact) mass is 288 g/mol. The molecule has 1 N–H and O–H groups in total. The third kappa shape index (κ3) is 6.04. The molecule has 1 rings (SSSR count). The third-order valence-electron chi connectivity index (χ3n) is 2.30. The van der Waals surface area contributed by atoms with Crippen LogP contribution in [-0.4, -0.2) is 43.8 Å². The number of carboxylic acid groups (broad SMARTS) is 1. The highest BCUT2D eigenvalue weighted by atomic mass is 32.2. The smallest absolute Gasteiger partial charge is 0.335 e. The van der Waals surface area contributed by atoms with Crippen molar-refractivity contribution in [2.45, 2.75) is 11.3 Å². The molecule has 0 aliphatic carbocycles. The molecular formula is C13H17FO4S. The Bertz CT molecular complexity index is 412. The molecule has 0 aliphatic heterocycles. The Morgan fingerprint density at radius 3 is 2.84 bits per heavy atom. The molecule has 19 heavy (non-hydrogen) atoms. The highest BCUT2D eigenvalue weighted by Gasteiger charge is 2.08. The summed E-state index contributed by atoms with van der Waals surface area (Å²) < 4.78 is 23.6. The van der Waals surface area contributed by atoms with Gasteiger partial charge in [0.15, 0.2) is 0 Å². The van der Waals surface area contributed by atoms with Gasteiger partial charge in [0.05, 0.1) is 18.8 Å². The topological polar surface area (TPSA) is 55.8 Å². The number of benzene rings is 1. The molecule has 1 aromatic rings. The summed E-state index contributed by atoms with van der Waals surface area (Å²) in [6.07, 6.45) is 0.769. The Morgan fingerprint density at radius 1 is 1.37 bits per heavy atom. The van der Waals surface area contributed by atoms with Gasteiger partial charge in [-0.1, -0.05) is 0 Å². The van der Waals surface area contributed by atoms with E-state index in [0.717, 1.165) is 6.42 Å². The molecule has 0 amide bonds. The lowest BCUT2D eigenvalue weighted by Crippen LogP contribution is -2.03. The number of hydrogen-bond acceptors (Lipinski definition) is 4. The summed E-state index contributed by atoms with van der Waals surface area (Å²) in [4.78, 5) is 11.1. The first-order valence-electron chi connectivity index (χ1n) is 5.87. The second-order valence-electron chi connectivity index (χ2n) is 3.76. The van der Waals surface area contributed by atoms with E-state index < -0.39 is 11.8 Å². The first-order chi connectivity index (χ1) is 9.15. The van der Waals surface area contributed by atoms with Gasteiger partial charge in [-0.05, 0) is 24.6 Å². The quantitative estimate of drug-likeness (QED) is 0.559. The first kappa shape index (κ1) is 15.9. The van der Waals surface area contributed by atoms with Crippen LogP contribution in [-0.2, 0) is 9.47 Å². The van der Waals surface area contributed by atoms with Gasteiger partial charge in [0.2, 0.25) is 0 Å². The van der Waals surface area contributed by atoms with Crippen LogP contribution in [0.1, 0.15) is 16.8 Å². The van der Waals surface area contributed by atoms with Crippen LogP contribution >= 0.6 is 11.8 Å². The average molecular weight is 288 g/mol. The SMILES string of the molecule is COCCOCCCSc1cc(C(=O)O)ccc1F. The number of aromatic carboxylic acids is 1. The van der Waals surface area contributed by atoms with E-state index in [-0.39, 0.29) is 5.56 Å². The summed E-state index contributed by atoms with van der Waals surface area (Å²) in [6, 6.07) is 3.80. The van der Waals surface area contributed by atoms with E-state index in [1.54, 1.807) is 7.11 Å². The van der Waals surface area contributed by atoms with Crippen molar-refractivity contribution in [2.24, 2.45) is 0 Å². The summed E-state index contributed by atoms with van der Waals surface area (Å²) in [5, 5.41) is 8.83. The Kier molecular flexibility index (Phi) is 7.47. The van der Waals surface area contributed by atoms with Crippen molar-refractivity contribution in [3.63, 3.8) is 0 Å². The van der Waals surface area contributed by atoms with Gasteiger partial charge < -0.3 is 14.6 Å². The van der Waals surface area contributed by atoms with E-state index in [4.69, 9.17) is 14.6 Å². The van der Waals surface area contributed by atoms with Crippen LogP contribution in [0, 0.1) is 5.82 Å². The number of carbonyl (C=O) groups is 1. The molecule has 4 nitrogen and oxygen atoms in total. The lowest BCUT2D eigenvalue weighted by molar-refractivity contribution is 0.0696. The number of ether oxygens (including phenoxy) is 2. The summed E-state index contributed by atoms with van der Waals surface area (Å²) in [7, 11) is 1.61. The average Bonchev–Trinajstić information content (AvgIpc) is 2.39. The molecule has 0 aromatic heterocycles. The largest absolute Gasteiger partial charge is 0.478 e. The molecule has 0 saturated carbocycles. The van der Waals surface area contributed by atoms with E-state index in [9.17, 15) is 9.18 Å². The van der Waals surface area contributed by atoms with Crippen molar-refractivity contribution in [3.8, 4) is 0 Å². The molecule has 0 radical (unpaired) electrons. The van der Waals surface area contributed by atoms with Crippen molar-refractivity contribution < 1.29 is 23.8 Å². The summed E-state index contributed by atoms with van der Waals surface area (Å²) >= 11 is 1.29. The number of thioether (sulfide) groups is 1. The van der Waals surface area contributed by atoms with Crippen molar-refractivity contribution in [2.75, 3.05) is 32.7 Å². The summed E-state index contributed by atoms with van der Waals surface area (Å²) in [5.41, 5.74) is 0.0974. The maximum Gasteiger partial charge on any atom is 0.335 e. The molecule has 0 heterocycles. The number of hydrogen-bond donors (Lipinski definition) is 1. The number of methoxy groups -OCH3 is 1. The lowest BCUT2D eigenvalue weighted by Gasteiger charge is -2.05. The Hall–Kier alpha value is -1.11. The minimum Gasteiger partial charge on any atom is -0.478 e. The molecule has 0 bridgehead atoms. The van der Waals surface area contributed by atoms with Gasteiger partial charge in [-0.2, -0.15) is 0 Å². The minimum atomic E-state index is -1.05. The fourth-order valence-corrected chi connectivity index (χ4v) is 2.23. The lowest BCUT2D eigenvalue weighted by atomic mass is 10.2. The molecule has 1 aromatic carbocycles. The Morgan fingerprint density at radius 2 is 2.16 bits per heavy atom.